The number of likely N-dealkylation sites (N-methyl/N-ethyl adjacent to an activating group) is 1. The summed E-state index contributed by atoms with van der Waals surface area (Å²) in [5.74, 6) is 0.184. The zero-order valence-corrected chi connectivity index (χ0v) is 18.2. The van der Waals surface area contributed by atoms with Crippen LogP contribution >= 0.6 is 23.4 Å². The second-order valence-corrected chi connectivity index (χ2v) is 9.70. The lowest BCUT2D eigenvalue weighted by molar-refractivity contribution is -0.128. The van der Waals surface area contributed by atoms with E-state index in [1.807, 2.05) is 43.1 Å². The number of carbonyl (C=O) groups excluding carboxylic acids is 1. The summed E-state index contributed by atoms with van der Waals surface area (Å²) in [7, 11) is 2.03. The molecular weight excluding hydrogens is 400 g/mol. The third kappa shape index (κ3) is 3.27. The molecule has 5 rings (SSSR count). The Balaban J connectivity index is 1.62. The molecule has 5 heteroatoms. The van der Waals surface area contributed by atoms with E-state index in [9.17, 15) is 4.79 Å². The van der Waals surface area contributed by atoms with E-state index in [0.717, 1.165) is 34.8 Å². The van der Waals surface area contributed by atoms with Gasteiger partial charge < -0.3 is 9.80 Å². The van der Waals surface area contributed by atoms with Crippen LogP contribution in [0.15, 0.2) is 64.7 Å². The van der Waals surface area contributed by atoms with Gasteiger partial charge in [-0.05, 0) is 42.2 Å². The van der Waals surface area contributed by atoms with Crippen molar-refractivity contribution in [3.63, 3.8) is 0 Å². The van der Waals surface area contributed by atoms with E-state index in [-0.39, 0.29) is 11.2 Å². The van der Waals surface area contributed by atoms with Crippen LogP contribution in [0, 0.1) is 0 Å². The van der Waals surface area contributed by atoms with Crippen LogP contribution in [0.5, 0.6) is 0 Å². The molecule has 1 aliphatic carbocycles. The number of fused-ring (bicyclic) bond motifs is 1. The molecule has 150 valence electrons. The van der Waals surface area contributed by atoms with Crippen LogP contribution in [-0.4, -0.2) is 30.4 Å². The van der Waals surface area contributed by atoms with Crippen molar-refractivity contribution in [2.75, 3.05) is 18.5 Å². The van der Waals surface area contributed by atoms with Gasteiger partial charge in [0.25, 0.3) is 5.91 Å². The SMILES string of the molecule is CN1C2=C(CN(C3CCCCC3)C2=O)C(c2ccccc2Cl)Sc2ccccc21. The average molecular weight is 425 g/mol. The number of benzene rings is 2. The average Bonchev–Trinajstić information content (AvgIpc) is 3.04. The number of hydrogen-bond acceptors (Lipinski definition) is 3. The van der Waals surface area contributed by atoms with E-state index < -0.39 is 0 Å². The predicted octanol–water partition coefficient (Wildman–Crippen LogP) is 6.05. The van der Waals surface area contributed by atoms with Crippen LogP contribution in [0.4, 0.5) is 5.69 Å². The summed E-state index contributed by atoms with van der Waals surface area (Å²) in [6.07, 6.45) is 5.98. The molecule has 0 N–H and O–H groups in total. The number of para-hydroxylation sites is 1. The van der Waals surface area contributed by atoms with Crippen molar-refractivity contribution < 1.29 is 4.79 Å². The van der Waals surface area contributed by atoms with Crippen molar-refractivity contribution in [3.8, 4) is 0 Å². The van der Waals surface area contributed by atoms with Gasteiger partial charge in [0, 0.05) is 29.6 Å². The molecule has 1 fully saturated rings. The minimum atomic E-state index is 0.0438. The molecule has 2 aromatic rings. The molecule has 0 aromatic heterocycles. The van der Waals surface area contributed by atoms with E-state index in [2.05, 4.69) is 34.1 Å². The van der Waals surface area contributed by atoms with Crippen LogP contribution in [0.3, 0.4) is 0 Å². The van der Waals surface area contributed by atoms with Gasteiger partial charge in [-0.25, -0.2) is 0 Å². The van der Waals surface area contributed by atoms with E-state index in [0.29, 0.717) is 12.6 Å². The fourth-order valence-electron chi connectivity index (χ4n) is 4.95. The number of hydrogen-bond donors (Lipinski definition) is 0. The first-order valence-corrected chi connectivity index (χ1v) is 11.7. The van der Waals surface area contributed by atoms with Crippen LogP contribution in [0.25, 0.3) is 0 Å². The molecule has 2 aromatic carbocycles. The Morgan fingerprint density at radius 1 is 1.00 bits per heavy atom. The van der Waals surface area contributed by atoms with Crippen LogP contribution in [0.1, 0.15) is 42.9 Å². The van der Waals surface area contributed by atoms with E-state index in [4.69, 9.17) is 11.6 Å². The van der Waals surface area contributed by atoms with Crippen molar-refractivity contribution in [2.45, 2.75) is 48.3 Å². The molecule has 2 heterocycles. The molecule has 1 atom stereocenters. The number of thioether (sulfide) groups is 1. The number of halogens is 1. The maximum Gasteiger partial charge on any atom is 0.271 e. The second-order valence-electron chi connectivity index (χ2n) is 8.14. The summed E-state index contributed by atoms with van der Waals surface area (Å²) >= 11 is 8.45. The first-order chi connectivity index (χ1) is 14.1. The zero-order valence-electron chi connectivity index (χ0n) is 16.6. The molecule has 3 nitrogen and oxygen atoms in total. The van der Waals surface area contributed by atoms with Gasteiger partial charge in [0.15, 0.2) is 0 Å². The number of amides is 1. The highest BCUT2D eigenvalue weighted by molar-refractivity contribution is 8.00. The number of nitrogens with zero attached hydrogens (tertiary/aromatic N) is 2. The quantitative estimate of drug-likeness (QED) is 0.586. The summed E-state index contributed by atoms with van der Waals surface area (Å²) in [6.45, 7) is 0.708. The standard InChI is InChI=1S/C24H25ClN2OS/c1-26-20-13-7-8-14-21(20)29-23(17-11-5-6-12-19(17)25)18-15-27(24(28)22(18)26)16-9-3-2-4-10-16/h5-8,11-14,16,23H,2-4,9-10,15H2,1H3. The summed E-state index contributed by atoms with van der Waals surface area (Å²) in [6, 6.07) is 16.8. The molecule has 1 unspecified atom stereocenters. The predicted molar refractivity (Wildman–Crippen MR) is 121 cm³/mol. The molecular formula is C24H25ClN2OS. The molecule has 29 heavy (non-hydrogen) atoms. The third-order valence-corrected chi connectivity index (χ3v) is 8.15. The highest BCUT2D eigenvalue weighted by atomic mass is 35.5. The van der Waals surface area contributed by atoms with Crippen LogP contribution in [0.2, 0.25) is 5.02 Å². The Morgan fingerprint density at radius 3 is 2.52 bits per heavy atom. The lowest BCUT2D eigenvalue weighted by Crippen LogP contribution is -2.40. The topological polar surface area (TPSA) is 23.6 Å². The Hall–Kier alpha value is -1.91. The Bertz CT molecular complexity index is 982. The van der Waals surface area contributed by atoms with Crippen molar-refractivity contribution >= 4 is 35.0 Å². The van der Waals surface area contributed by atoms with Gasteiger partial charge in [0.1, 0.15) is 5.70 Å². The number of rotatable bonds is 2. The summed E-state index contributed by atoms with van der Waals surface area (Å²) in [5.41, 5.74) is 4.23. The van der Waals surface area contributed by atoms with Gasteiger partial charge in [0.2, 0.25) is 0 Å². The lowest BCUT2D eigenvalue weighted by Gasteiger charge is -2.33. The maximum absolute atomic E-state index is 13.7. The Morgan fingerprint density at radius 2 is 1.72 bits per heavy atom. The molecule has 0 radical (unpaired) electrons. The molecule has 1 saturated carbocycles. The van der Waals surface area contributed by atoms with Gasteiger partial charge in [-0.1, -0.05) is 61.2 Å². The van der Waals surface area contributed by atoms with Crippen LogP contribution < -0.4 is 4.90 Å². The number of anilines is 1. The largest absolute Gasteiger partial charge is 0.339 e. The van der Waals surface area contributed by atoms with Gasteiger partial charge in [0.05, 0.1) is 10.9 Å². The van der Waals surface area contributed by atoms with E-state index in [1.54, 1.807) is 0 Å². The molecule has 2 aliphatic heterocycles. The Kier molecular flexibility index (Phi) is 5.09. The molecule has 1 amide bonds. The highest BCUT2D eigenvalue weighted by Crippen LogP contribution is 2.52. The first kappa shape index (κ1) is 19.1. The summed E-state index contributed by atoms with van der Waals surface area (Å²) in [5, 5.41) is 0.810. The summed E-state index contributed by atoms with van der Waals surface area (Å²) < 4.78 is 0. The van der Waals surface area contributed by atoms with Gasteiger partial charge in [-0.2, -0.15) is 0 Å². The maximum atomic E-state index is 13.7. The summed E-state index contributed by atoms with van der Waals surface area (Å²) in [4.78, 5) is 19.1. The smallest absolute Gasteiger partial charge is 0.271 e. The zero-order chi connectivity index (χ0) is 20.0. The van der Waals surface area contributed by atoms with Crippen molar-refractivity contribution in [3.05, 3.63) is 70.4 Å². The minimum Gasteiger partial charge on any atom is -0.339 e. The molecule has 0 spiro atoms. The van der Waals surface area contributed by atoms with Gasteiger partial charge in [-0.15, -0.1) is 11.8 Å². The van der Waals surface area contributed by atoms with Crippen LogP contribution in [-0.2, 0) is 4.79 Å². The fourth-order valence-corrected chi connectivity index (χ4v) is 6.66. The molecule has 0 saturated heterocycles. The second kappa shape index (κ2) is 7.73. The van der Waals surface area contributed by atoms with Gasteiger partial charge in [-0.3, -0.25) is 4.79 Å². The monoisotopic (exact) mass is 424 g/mol. The highest BCUT2D eigenvalue weighted by Gasteiger charge is 2.43. The van der Waals surface area contributed by atoms with Crippen molar-refractivity contribution in [1.29, 1.82) is 0 Å². The fraction of sp³-hybridized carbons (Fsp3) is 0.375. The first-order valence-electron chi connectivity index (χ1n) is 10.4. The van der Waals surface area contributed by atoms with Crippen molar-refractivity contribution in [1.82, 2.24) is 4.90 Å². The minimum absolute atomic E-state index is 0.0438. The van der Waals surface area contributed by atoms with E-state index in [1.165, 1.54) is 29.7 Å². The van der Waals surface area contributed by atoms with E-state index >= 15 is 0 Å². The van der Waals surface area contributed by atoms with Gasteiger partial charge >= 0.3 is 0 Å². The lowest BCUT2D eigenvalue weighted by atomic mass is 9.94. The normalized spacial score (nSPS) is 22.6. The Labute approximate surface area is 181 Å². The number of carbonyl (C=O) groups is 1. The molecule has 0 bridgehead atoms. The van der Waals surface area contributed by atoms with Crippen molar-refractivity contribution in [2.24, 2.45) is 0 Å². The molecule has 3 aliphatic rings. The third-order valence-electron chi connectivity index (χ3n) is 6.43.